The van der Waals surface area contributed by atoms with Crippen molar-refractivity contribution in [3.63, 3.8) is 0 Å². The Bertz CT molecular complexity index is 777. The minimum Gasteiger partial charge on any atom is -0.380 e. The van der Waals surface area contributed by atoms with Gasteiger partial charge in [-0.3, -0.25) is 9.89 Å². The molecule has 3 rings (SSSR count). The summed E-state index contributed by atoms with van der Waals surface area (Å²) in [6.45, 7) is 6.70. The van der Waals surface area contributed by atoms with Crippen LogP contribution >= 0.6 is 24.0 Å². The molecule has 1 heterocycles. The maximum absolute atomic E-state index is 5.46. The Morgan fingerprint density at radius 2 is 1.60 bits per heavy atom. The van der Waals surface area contributed by atoms with E-state index in [2.05, 4.69) is 69.1 Å². The Kier molecular flexibility index (Phi) is 11.1. The maximum Gasteiger partial charge on any atom is 0.191 e. The number of benzene rings is 2. The van der Waals surface area contributed by atoms with Gasteiger partial charge in [0.1, 0.15) is 0 Å². The summed E-state index contributed by atoms with van der Waals surface area (Å²) in [5.41, 5.74) is 5.04. The number of halogens is 1. The lowest BCUT2D eigenvalue weighted by Crippen LogP contribution is -2.37. The first-order chi connectivity index (χ1) is 14.3. The van der Waals surface area contributed by atoms with Crippen molar-refractivity contribution in [2.24, 2.45) is 4.99 Å². The molecule has 0 unspecified atom stereocenters. The van der Waals surface area contributed by atoms with Crippen molar-refractivity contribution in [3.8, 4) is 0 Å². The molecule has 164 valence electrons. The average Bonchev–Trinajstić information content (AvgIpc) is 2.77. The first-order valence-corrected chi connectivity index (χ1v) is 10.2. The number of ether oxygens (including phenoxy) is 2. The first-order valence-electron chi connectivity index (χ1n) is 10.2. The van der Waals surface area contributed by atoms with Crippen LogP contribution < -0.4 is 10.6 Å². The lowest BCUT2D eigenvalue weighted by atomic mass is 10.1. The summed E-state index contributed by atoms with van der Waals surface area (Å²) in [5.74, 6) is 0.798. The molecule has 0 aromatic heterocycles. The zero-order valence-electron chi connectivity index (χ0n) is 17.9. The van der Waals surface area contributed by atoms with Crippen LogP contribution in [0.5, 0.6) is 0 Å². The fourth-order valence-electron chi connectivity index (χ4n) is 3.39. The first kappa shape index (κ1) is 24.6. The van der Waals surface area contributed by atoms with E-state index in [0.717, 1.165) is 51.9 Å². The van der Waals surface area contributed by atoms with E-state index in [1.807, 2.05) is 0 Å². The van der Waals surface area contributed by atoms with E-state index in [4.69, 9.17) is 9.47 Å². The van der Waals surface area contributed by atoms with Crippen molar-refractivity contribution < 1.29 is 9.47 Å². The summed E-state index contributed by atoms with van der Waals surface area (Å²) >= 11 is 0. The van der Waals surface area contributed by atoms with E-state index in [1.165, 1.54) is 22.3 Å². The van der Waals surface area contributed by atoms with Crippen molar-refractivity contribution in [2.45, 2.75) is 26.2 Å². The van der Waals surface area contributed by atoms with E-state index in [-0.39, 0.29) is 24.0 Å². The molecule has 0 radical (unpaired) electrons. The molecule has 1 aliphatic rings. The summed E-state index contributed by atoms with van der Waals surface area (Å²) in [6.07, 6.45) is 0. The van der Waals surface area contributed by atoms with Crippen LogP contribution in [0.4, 0.5) is 0 Å². The molecule has 2 aromatic carbocycles. The molecule has 7 heteroatoms. The molecule has 1 fully saturated rings. The van der Waals surface area contributed by atoms with Gasteiger partial charge in [-0.25, -0.2) is 0 Å². The Morgan fingerprint density at radius 3 is 2.27 bits per heavy atom. The van der Waals surface area contributed by atoms with E-state index in [1.54, 1.807) is 14.2 Å². The third kappa shape index (κ3) is 7.86. The largest absolute Gasteiger partial charge is 0.380 e. The number of hydrogen-bond acceptors (Lipinski definition) is 4. The molecule has 6 nitrogen and oxygen atoms in total. The molecule has 0 bridgehead atoms. The van der Waals surface area contributed by atoms with Crippen molar-refractivity contribution in [2.75, 3.05) is 40.5 Å². The summed E-state index contributed by atoms with van der Waals surface area (Å²) < 4.78 is 10.6. The summed E-state index contributed by atoms with van der Waals surface area (Å²) in [5, 5.41) is 6.83. The van der Waals surface area contributed by atoms with Crippen LogP contribution in [-0.2, 0) is 35.7 Å². The van der Waals surface area contributed by atoms with Gasteiger partial charge in [-0.15, -0.1) is 24.0 Å². The van der Waals surface area contributed by atoms with Gasteiger partial charge in [0, 0.05) is 46.9 Å². The molecule has 2 aromatic rings. The topological polar surface area (TPSA) is 58.1 Å². The van der Waals surface area contributed by atoms with Gasteiger partial charge in [0.05, 0.1) is 19.8 Å². The molecule has 0 saturated carbocycles. The van der Waals surface area contributed by atoms with Crippen molar-refractivity contribution in [3.05, 3.63) is 70.8 Å². The molecule has 1 saturated heterocycles. The number of nitrogens with zero attached hydrogens (tertiary/aromatic N) is 2. The number of guanidine groups is 1. The third-order valence-corrected chi connectivity index (χ3v) is 5.08. The van der Waals surface area contributed by atoms with E-state index < -0.39 is 0 Å². The summed E-state index contributed by atoms with van der Waals surface area (Å²) in [6, 6.07) is 17.0. The van der Waals surface area contributed by atoms with Crippen LogP contribution in [0.15, 0.2) is 53.5 Å². The van der Waals surface area contributed by atoms with Gasteiger partial charge in [0.15, 0.2) is 5.96 Å². The average molecular weight is 524 g/mol. The van der Waals surface area contributed by atoms with Crippen LogP contribution in [0.2, 0.25) is 0 Å². The standard InChI is InChI=1S/C23H32N4O2.HI/c1-24-23(25-15-19-7-9-20(10-8-19)18-28-2)26-16-21-5-3-4-6-22(21)17-27-11-13-29-14-12-27;/h3-10H,11-18H2,1-2H3,(H2,24,25,26);1H. The molecule has 30 heavy (non-hydrogen) atoms. The molecule has 2 N–H and O–H groups in total. The van der Waals surface area contributed by atoms with Crippen molar-refractivity contribution >= 4 is 29.9 Å². The Labute approximate surface area is 197 Å². The summed E-state index contributed by atoms with van der Waals surface area (Å²) in [4.78, 5) is 6.81. The molecule has 0 aliphatic carbocycles. The molecule has 0 amide bonds. The van der Waals surface area contributed by atoms with Crippen molar-refractivity contribution in [1.29, 1.82) is 0 Å². The highest BCUT2D eigenvalue weighted by Gasteiger charge is 2.12. The number of methoxy groups -OCH3 is 1. The monoisotopic (exact) mass is 524 g/mol. The summed E-state index contributed by atoms with van der Waals surface area (Å²) in [7, 11) is 3.51. The smallest absolute Gasteiger partial charge is 0.191 e. The van der Waals surface area contributed by atoms with Crippen LogP contribution in [0, 0.1) is 0 Å². The van der Waals surface area contributed by atoms with E-state index in [0.29, 0.717) is 6.61 Å². The molecule has 1 aliphatic heterocycles. The van der Waals surface area contributed by atoms with Crippen LogP contribution in [0.3, 0.4) is 0 Å². The maximum atomic E-state index is 5.46. The van der Waals surface area contributed by atoms with Gasteiger partial charge in [0.2, 0.25) is 0 Å². The molecular weight excluding hydrogens is 491 g/mol. The molecular formula is C23H33IN4O2. The number of aliphatic imine (C=N–C) groups is 1. The quantitative estimate of drug-likeness (QED) is 0.316. The lowest BCUT2D eigenvalue weighted by molar-refractivity contribution is 0.0341. The van der Waals surface area contributed by atoms with Crippen molar-refractivity contribution in [1.82, 2.24) is 15.5 Å². The van der Waals surface area contributed by atoms with Crippen LogP contribution in [0.25, 0.3) is 0 Å². The highest BCUT2D eigenvalue weighted by Crippen LogP contribution is 2.13. The van der Waals surface area contributed by atoms with E-state index >= 15 is 0 Å². The minimum atomic E-state index is 0. The van der Waals surface area contributed by atoms with Gasteiger partial charge in [-0.2, -0.15) is 0 Å². The molecule has 0 spiro atoms. The number of rotatable bonds is 8. The normalized spacial score (nSPS) is 14.8. The number of morpholine rings is 1. The highest BCUT2D eigenvalue weighted by molar-refractivity contribution is 14.0. The predicted molar refractivity (Wildman–Crippen MR) is 132 cm³/mol. The zero-order chi connectivity index (χ0) is 20.3. The van der Waals surface area contributed by atoms with Gasteiger partial charge < -0.3 is 20.1 Å². The second-order valence-corrected chi connectivity index (χ2v) is 7.19. The van der Waals surface area contributed by atoms with Gasteiger partial charge >= 0.3 is 0 Å². The number of hydrogen-bond donors (Lipinski definition) is 2. The van der Waals surface area contributed by atoms with Gasteiger partial charge in [0.25, 0.3) is 0 Å². The Morgan fingerprint density at radius 1 is 0.967 bits per heavy atom. The third-order valence-electron chi connectivity index (χ3n) is 5.08. The van der Waals surface area contributed by atoms with Gasteiger partial charge in [-0.1, -0.05) is 48.5 Å². The molecule has 0 atom stereocenters. The number of nitrogens with one attached hydrogen (secondary N) is 2. The second kappa shape index (κ2) is 13.6. The van der Waals surface area contributed by atoms with E-state index in [9.17, 15) is 0 Å². The highest BCUT2D eigenvalue weighted by atomic mass is 127. The SMILES string of the molecule is CN=C(NCc1ccc(COC)cc1)NCc1ccccc1CN1CCOCC1.I. The van der Waals surface area contributed by atoms with Crippen LogP contribution in [-0.4, -0.2) is 51.3 Å². The lowest BCUT2D eigenvalue weighted by Gasteiger charge is -2.27. The van der Waals surface area contributed by atoms with Crippen LogP contribution in [0.1, 0.15) is 22.3 Å². The second-order valence-electron chi connectivity index (χ2n) is 7.19. The predicted octanol–water partition coefficient (Wildman–Crippen LogP) is 3.15. The Hall–Kier alpha value is -1.68. The Balaban J connectivity index is 0.00000320. The fraction of sp³-hybridized carbons (Fsp3) is 0.435. The van der Waals surface area contributed by atoms with Gasteiger partial charge in [-0.05, 0) is 22.3 Å². The zero-order valence-corrected chi connectivity index (χ0v) is 20.2. The fourth-order valence-corrected chi connectivity index (χ4v) is 3.39. The minimum absolute atomic E-state index is 0.